The summed E-state index contributed by atoms with van der Waals surface area (Å²) in [5.74, 6) is 0.540. The molecule has 0 aliphatic rings. The Morgan fingerprint density at radius 2 is 2.04 bits per heavy atom. The summed E-state index contributed by atoms with van der Waals surface area (Å²) in [6.07, 6.45) is 1.80. The predicted molar refractivity (Wildman–Crippen MR) is 114 cm³/mol. The molecular weight excluding hydrogens is 376 g/mol. The monoisotopic (exact) mass is 398 g/mol. The van der Waals surface area contributed by atoms with Gasteiger partial charge in [-0.1, -0.05) is 31.3 Å². The van der Waals surface area contributed by atoms with E-state index in [9.17, 15) is 4.79 Å². The van der Waals surface area contributed by atoms with Crippen LogP contribution in [0, 0.1) is 0 Å². The number of nitrogens with zero attached hydrogens (tertiary/aromatic N) is 2. The second kappa shape index (κ2) is 8.59. The Labute approximate surface area is 167 Å². The van der Waals surface area contributed by atoms with Crippen LogP contribution in [0.2, 0.25) is 0 Å². The Balaban J connectivity index is 1.99. The first kappa shape index (κ1) is 19.5. The molecule has 0 saturated carbocycles. The second-order valence-electron chi connectivity index (χ2n) is 6.23. The van der Waals surface area contributed by atoms with Crippen molar-refractivity contribution in [2.24, 2.45) is 4.99 Å². The molecule has 27 heavy (non-hydrogen) atoms. The lowest BCUT2D eigenvalue weighted by atomic mass is 10.2. The summed E-state index contributed by atoms with van der Waals surface area (Å²) >= 11 is 3.24. The lowest BCUT2D eigenvalue weighted by Crippen LogP contribution is -2.16. The standard InChI is InChI=1S/C21H22N2O2S2/c1-5-12-23-18-11-8-16(25-4)13-19(18)27-21(23)22-20(24)15-6-9-17(10-7-15)26-14(2)3/h5-11,13-14H,1,12H2,2-4H3. The first-order chi connectivity index (χ1) is 13.0. The molecule has 0 N–H and O–H groups in total. The van der Waals surface area contributed by atoms with Gasteiger partial charge in [0.1, 0.15) is 5.75 Å². The molecule has 0 aliphatic carbocycles. The van der Waals surface area contributed by atoms with Crippen molar-refractivity contribution in [3.8, 4) is 5.75 Å². The van der Waals surface area contributed by atoms with Gasteiger partial charge >= 0.3 is 0 Å². The van der Waals surface area contributed by atoms with Gasteiger partial charge in [0.15, 0.2) is 4.80 Å². The largest absolute Gasteiger partial charge is 0.497 e. The zero-order chi connectivity index (χ0) is 19.4. The van der Waals surface area contributed by atoms with Gasteiger partial charge in [-0.15, -0.1) is 18.3 Å². The number of rotatable bonds is 6. The van der Waals surface area contributed by atoms with Crippen LogP contribution in [-0.4, -0.2) is 22.8 Å². The highest BCUT2D eigenvalue weighted by molar-refractivity contribution is 7.99. The Morgan fingerprint density at radius 3 is 2.67 bits per heavy atom. The van der Waals surface area contributed by atoms with Gasteiger partial charge in [-0.2, -0.15) is 4.99 Å². The van der Waals surface area contributed by atoms with E-state index in [-0.39, 0.29) is 5.91 Å². The van der Waals surface area contributed by atoms with Crippen LogP contribution in [0.25, 0.3) is 10.2 Å². The average molecular weight is 399 g/mol. The van der Waals surface area contributed by atoms with Gasteiger partial charge in [0.05, 0.1) is 17.3 Å². The van der Waals surface area contributed by atoms with Gasteiger partial charge in [0.25, 0.3) is 5.91 Å². The maximum absolute atomic E-state index is 12.7. The Hall–Kier alpha value is -2.31. The summed E-state index contributed by atoms with van der Waals surface area (Å²) < 4.78 is 8.31. The number of aromatic nitrogens is 1. The normalized spacial score (nSPS) is 11.9. The minimum Gasteiger partial charge on any atom is -0.497 e. The summed E-state index contributed by atoms with van der Waals surface area (Å²) in [6.45, 7) is 8.70. The minimum absolute atomic E-state index is 0.243. The minimum atomic E-state index is -0.243. The summed E-state index contributed by atoms with van der Waals surface area (Å²) in [6, 6.07) is 13.5. The van der Waals surface area contributed by atoms with Crippen molar-refractivity contribution in [3.63, 3.8) is 0 Å². The molecule has 0 aliphatic heterocycles. The van der Waals surface area contributed by atoms with Gasteiger partial charge in [0, 0.05) is 22.3 Å². The summed E-state index contributed by atoms with van der Waals surface area (Å²) in [7, 11) is 1.64. The number of carbonyl (C=O) groups is 1. The summed E-state index contributed by atoms with van der Waals surface area (Å²) in [5.41, 5.74) is 1.60. The van der Waals surface area contributed by atoms with Crippen molar-refractivity contribution < 1.29 is 9.53 Å². The van der Waals surface area contributed by atoms with Gasteiger partial charge in [-0.25, -0.2) is 0 Å². The third-order valence-electron chi connectivity index (χ3n) is 3.87. The van der Waals surface area contributed by atoms with E-state index >= 15 is 0 Å². The van der Waals surface area contributed by atoms with Crippen molar-refractivity contribution in [2.45, 2.75) is 30.5 Å². The quantitative estimate of drug-likeness (QED) is 0.427. The van der Waals surface area contributed by atoms with E-state index in [0.29, 0.717) is 22.2 Å². The molecule has 0 atom stereocenters. The topological polar surface area (TPSA) is 43.6 Å². The van der Waals surface area contributed by atoms with E-state index in [0.717, 1.165) is 20.9 Å². The van der Waals surface area contributed by atoms with Crippen molar-refractivity contribution in [3.05, 3.63) is 65.5 Å². The van der Waals surface area contributed by atoms with E-state index in [4.69, 9.17) is 4.74 Å². The number of allylic oxidation sites excluding steroid dienone is 1. The molecule has 0 saturated heterocycles. The molecule has 1 amide bonds. The van der Waals surface area contributed by atoms with Crippen LogP contribution < -0.4 is 9.54 Å². The Morgan fingerprint density at radius 1 is 1.30 bits per heavy atom. The van der Waals surface area contributed by atoms with Crippen LogP contribution in [0.5, 0.6) is 5.75 Å². The SMILES string of the molecule is C=CCn1c(=NC(=O)c2ccc(SC(C)C)cc2)sc2cc(OC)ccc21. The number of fused-ring (bicyclic) bond motifs is 1. The van der Waals surface area contributed by atoms with Gasteiger partial charge < -0.3 is 9.30 Å². The van der Waals surface area contributed by atoms with Crippen LogP contribution >= 0.6 is 23.1 Å². The number of amides is 1. The van der Waals surface area contributed by atoms with Gasteiger partial charge in [-0.3, -0.25) is 4.79 Å². The fourth-order valence-corrected chi connectivity index (χ4v) is 4.57. The van der Waals surface area contributed by atoms with E-state index in [2.05, 4.69) is 25.4 Å². The number of ether oxygens (including phenoxy) is 1. The van der Waals surface area contributed by atoms with Crippen LogP contribution in [0.15, 0.2) is 65.0 Å². The molecule has 0 spiro atoms. The third kappa shape index (κ3) is 4.51. The number of thioether (sulfide) groups is 1. The van der Waals surface area contributed by atoms with E-state index in [1.165, 1.54) is 11.3 Å². The van der Waals surface area contributed by atoms with Crippen LogP contribution in [-0.2, 0) is 6.54 Å². The lowest BCUT2D eigenvalue weighted by molar-refractivity contribution is 0.0998. The fourth-order valence-electron chi connectivity index (χ4n) is 2.67. The lowest BCUT2D eigenvalue weighted by Gasteiger charge is -2.05. The fraction of sp³-hybridized carbons (Fsp3) is 0.238. The molecular formula is C21H22N2O2S2. The number of hydrogen-bond acceptors (Lipinski definition) is 4. The first-order valence-corrected chi connectivity index (χ1v) is 10.4. The average Bonchev–Trinajstić information content (AvgIpc) is 2.98. The van der Waals surface area contributed by atoms with Crippen molar-refractivity contribution in [2.75, 3.05) is 7.11 Å². The maximum Gasteiger partial charge on any atom is 0.279 e. The van der Waals surface area contributed by atoms with Crippen molar-refractivity contribution in [1.29, 1.82) is 0 Å². The zero-order valence-electron chi connectivity index (χ0n) is 15.6. The second-order valence-corrected chi connectivity index (χ2v) is 8.88. The van der Waals surface area contributed by atoms with Gasteiger partial charge in [0.2, 0.25) is 0 Å². The molecule has 1 aromatic heterocycles. The smallest absolute Gasteiger partial charge is 0.279 e. The molecule has 3 rings (SSSR count). The van der Waals surface area contributed by atoms with Crippen LogP contribution in [0.4, 0.5) is 0 Å². The molecule has 140 valence electrons. The molecule has 2 aromatic carbocycles. The number of carbonyl (C=O) groups excluding carboxylic acids is 1. The molecule has 0 unspecified atom stereocenters. The highest BCUT2D eigenvalue weighted by atomic mass is 32.2. The molecule has 0 fully saturated rings. The highest BCUT2D eigenvalue weighted by Gasteiger charge is 2.10. The zero-order valence-corrected chi connectivity index (χ0v) is 17.3. The Bertz CT molecular complexity index is 1030. The number of methoxy groups -OCH3 is 1. The third-order valence-corrected chi connectivity index (χ3v) is 5.93. The van der Waals surface area contributed by atoms with Crippen LogP contribution in [0.3, 0.4) is 0 Å². The Kier molecular flexibility index (Phi) is 6.19. The molecule has 0 bridgehead atoms. The van der Waals surface area contributed by atoms with E-state index in [1.807, 2.05) is 47.0 Å². The predicted octanol–water partition coefficient (Wildman–Crippen LogP) is 5.14. The molecule has 1 heterocycles. The number of benzene rings is 2. The van der Waals surface area contributed by atoms with Gasteiger partial charge in [-0.05, 0) is 42.5 Å². The summed E-state index contributed by atoms with van der Waals surface area (Å²) in [5, 5.41) is 0.504. The molecule has 0 radical (unpaired) electrons. The van der Waals surface area contributed by atoms with E-state index in [1.54, 1.807) is 24.9 Å². The first-order valence-electron chi connectivity index (χ1n) is 8.66. The number of hydrogen-bond donors (Lipinski definition) is 0. The van der Waals surface area contributed by atoms with Crippen LogP contribution in [0.1, 0.15) is 24.2 Å². The van der Waals surface area contributed by atoms with Crippen molar-refractivity contribution in [1.82, 2.24) is 4.57 Å². The molecule has 3 aromatic rings. The number of thiazole rings is 1. The van der Waals surface area contributed by atoms with Crippen molar-refractivity contribution >= 4 is 39.2 Å². The molecule has 4 nitrogen and oxygen atoms in total. The highest BCUT2D eigenvalue weighted by Crippen LogP contribution is 2.24. The maximum atomic E-state index is 12.7. The summed E-state index contributed by atoms with van der Waals surface area (Å²) in [4.78, 5) is 18.9. The van der Waals surface area contributed by atoms with E-state index < -0.39 is 0 Å². The molecule has 6 heteroatoms.